The summed E-state index contributed by atoms with van der Waals surface area (Å²) in [6.45, 7) is -0.0738. The molecule has 0 aliphatic heterocycles. The number of halogens is 1. The molecule has 4 rings (SSSR count). The van der Waals surface area contributed by atoms with E-state index in [2.05, 4.69) is 10.2 Å². The Kier molecular flexibility index (Phi) is 7.16. The minimum absolute atomic E-state index is 0.0738. The fourth-order valence-electron chi connectivity index (χ4n) is 3.06. The van der Waals surface area contributed by atoms with Gasteiger partial charge < -0.3 is 15.5 Å². The first-order valence-corrected chi connectivity index (χ1v) is 11.5. The number of amides is 1. The lowest BCUT2D eigenvalue weighted by molar-refractivity contribution is -0.120. The van der Waals surface area contributed by atoms with E-state index in [4.69, 9.17) is 22.2 Å². The van der Waals surface area contributed by atoms with E-state index in [9.17, 15) is 4.79 Å². The average Bonchev–Trinajstić information content (AvgIpc) is 3.22. The number of rotatable bonds is 8. The summed E-state index contributed by atoms with van der Waals surface area (Å²) < 4.78 is 7.15. The maximum Gasteiger partial charge on any atom is 0.264 e. The number of carbonyl (C=O) groups is 1. The second-order valence-corrected chi connectivity index (χ2v) is 8.58. The standard InChI is InChI=1S/C24H22ClN5O2S/c1-29(20-9-5-8-19(25)14-20)22(31)15-32-21-12-10-17(11-13-21)16-33-24-28-27-23(30(24)26)18-6-3-2-4-7-18/h2-14H,15-16,26H2,1H3. The molecule has 2 N–H and O–H groups in total. The van der Waals surface area contributed by atoms with Gasteiger partial charge in [-0.25, -0.2) is 4.68 Å². The second-order valence-electron chi connectivity index (χ2n) is 7.20. The average molecular weight is 480 g/mol. The van der Waals surface area contributed by atoms with Crippen LogP contribution in [0.1, 0.15) is 5.56 Å². The van der Waals surface area contributed by atoms with Crippen molar-refractivity contribution in [3.8, 4) is 17.1 Å². The van der Waals surface area contributed by atoms with Gasteiger partial charge >= 0.3 is 0 Å². The third-order valence-corrected chi connectivity index (χ3v) is 6.17. The SMILES string of the molecule is CN(C(=O)COc1ccc(CSc2nnc(-c3ccccc3)n2N)cc1)c1cccc(Cl)c1. The first-order valence-electron chi connectivity index (χ1n) is 10.1. The summed E-state index contributed by atoms with van der Waals surface area (Å²) in [6.07, 6.45) is 0. The topological polar surface area (TPSA) is 86.3 Å². The fraction of sp³-hybridized carbons (Fsp3) is 0.125. The van der Waals surface area contributed by atoms with Crippen LogP contribution < -0.4 is 15.5 Å². The quantitative estimate of drug-likeness (QED) is 0.292. The van der Waals surface area contributed by atoms with Crippen LogP contribution in [0.2, 0.25) is 5.02 Å². The van der Waals surface area contributed by atoms with Gasteiger partial charge in [0.1, 0.15) is 5.75 Å². The fourth-order valence-corrected chi connectivity index (χ4v) is 4.06. The third kappa shape index (κ3) is 5.66. The van der Waals surface area contributed by atoms with E-state index in [1.165, 1.54) is 21.3 Å². The Morgan fingerprint density at radius 3 is 2.55 bits per heavy atom. The molecule has 0 saturated heterocycles. The number of nitrogens with two attached hydrogens (primary N) is 1. The molecule has 1 heterocycles. The van der Waals surface area contributed by atoms with Gasteiger partial charge in [-0.3, -0.25) is 4.79 Å². The molecular formula is C24H22ClN5O2S. The first kappa shape index (κ1) is 22.7. The molecule has 0 radical (unpaired) electrons. The van der Waals surface area contributed by atoms with Crippen LogP contribution in [0.15, 0.2) is 84.0 Å². The Labute approximate surface area is 201 Å². The number of carbonyl (C=O) groups excluding carboxylic acids is 1. The number of benzene rings is 3. The van der Waals surface area contributed by atoms with Crippen molar-refractivity contribution in [1.29, 1.82) is 0 Å². The van der Waals surface area contributed by atoms with Gasteiger partial charge in [0.25, 0.3) is 5.91 Å². The smallest absolute Gasteiger partial charge is 0.264 e. The van der Waals surface area contributed by atoms with Crippen molar-refractivity contribution in [2.75, 3.05) is 24.4 Å². The van der Waals surface area contributed by atoms with Crippen LogP contribution in [0, 0.1) is 0 Å². The molecule has 0 bridgehead atoms. The lowest BCUT2D eigenvalue weighted by Gasteiger charge is -2.18. The minimum Gasteiger partial charge on any atom is -0.484 e. The molecule has 0 atom stereocenters. The van der Waals surface area contributed by atoms with E-state index in [1.807, 2.05) is 60.7 Å². The molecule has 33 heavy (non-hydrogen) atoms. The monoisotopic (exact) mass is 479 g/mol. The number of nitrogens with zero attached hydrogens (tertiary/aromatic N) is 4. The molecule has 1 amide bonds. The molecule has 0 aliphatic carbocycles. The highest BCUT2D eigenvalue weighted by molar-refractivity contribution is 7.98. The first-order chi connectivity index (χ1) is 16.0. The van der Waals surface area contributed by atoms with Gasteiger partial charge in [-0.15, -0.1) is 10.2 Å². The van der Waals surface area contributed by atoms with Crippen LogP contribution in [0.4, 0.5) is 5.69 Å². The molecule has 0 fully saturated rings. The molecule has 0 spiro atoms. The third-order valence-electron chi connectivity index (χ3n) is 4.92. The van der Waals surface area contributed by atoms with Crippen LogP contribution >= 0.6 is 23.4 Å². The molecule has 4 aromatic rings. The molecular weight excluding hydrogens is 458 g/mol. The zero-order valence-electron chi connectivity index (χ0n) is 17.9. The lowest BCUT2D eigenvalue weighted by atomic mass is 10.2. The Hall–Kier alpha value is -3.49. The van der Waals surface area contributed by atoms with Crippen LogP contribution in [0.25, 0.3) is 11.4 Å². The second kappa shape index (κ2) is 10.4. The van der Waals surface area contributed by atoms with Gasteiger partial charge in [-0.1, -0.05) is 71.9 Å². The predicted octanol–water partition coefficient (Wildman–Crippen LogP) is 4.65. The van der Waals surface area contributed by atoms with E-state index in [1.54, 1.807) is 25.2 Å². The molecule has 0 saturated carbocycles. The number of anilines is 1. The van der Waals surface area contributed by atoms with Crippen LogP contribution in [-0.4, -0.2) is 34.4 Å². The van der Waals surface area contributed by atoms with Crippen molar-refractivity contribution >= 4 is 35.0 Å². The maximum absolute atomic E-state index is 12.4. The highest BCUT2D eigenvalue weighted by Gasteiger charge is 2.13. The summed E-state index contributed by atoms with van der Waals surface area (Å²) >= 11 is 7.49. The molecule has 0 unspecified atom stereocenters. The highest BCUT2D eigenvalue weighted by atomic mass is 35.5. The van der Waals surface area contributed by atoms with Gasteiger partial charge in [-0.05, 0) is 35.9 Å². The Bertz CT molecular complexity index is 1230. The number of aromatic nitrogens is 3. The zero-order chi connectivity index (χ0) is 23.2. The van der Waals surface area contributed by atoms with Crippen LogP contribution in [0.3, 0.4) is 0 Å². The number of ether oxygens (including phenoxy) is 1. The van der Waals surface area contributed by atoms with Crippen molar-refractivity contribution in [3.63, 3.8) is 0 Å². The number of likely N-dealkylation sites (N-methyl/N-ethyl adjacent to an activating group) is 1. The lowest BCUT2D eigenvalue weighted by Crippen LogP contribution is -2.31. The van der Waals surface area contributed by atoms with Gasteiger partial charge in [0, 0.05) is 29.1 Å². The maximum atomic E-state index is 12.4. The van der Waals surface area contributed by atoms with Crippen molar-refractivity contribution in [2.45, 2.75) is 10.9 Å². The highest BCUT2D eigenvalue weighted by Crippen LogP contribution is 2.25. The molecule has 3 aromatic carbocycles. The van der Waals surface area contributed by atoms with Crippen LogP contribution in [0.5, 0.6) is 5.75 Å². The largest absolute Gasteiger partial charge is 0.484 e. The number of hydrogen-bond acceptors (Lipinski definition) is 6. The van der Waals surface area contributed by atoms with Crippen molar-refractivity contribution < 1.29 is 9.53 Å². The van der Waals surface area contributed by atoms with Crippen molar-refractivity contribution in [3.05, 3.63) is 89.4 Å². The normalized spacial score (nSPS) is 10.7. The molecule has 1 aromatic heterocycles. The van der Waals surface area contributed by atoms with Gasteiger partial charge in [0.2, 0.25) is 5.16 Å². The summed E-state index contributed by atoms with van der Waals surface area (Å²) in [6, 6.07) is 24.4. The van der Waals surface area contributed by atoms with E-state index in [0.717, 1.165) is 11.1 Å². The number of hydrogen-bond donors (Lipinski definition) is 1. The summed E-state index contributed by atoms with van der Waals surface area (Å²) in [5.41, 5.74) is 2.70. The predicted molar refractivity (Wildman–Crippen MR) is 132 cm³/mol. The Balaban J connectivity index is 1.30. The van der Waals surface area contributed by atoms with E-state index >= 15 is 0 Å². The van der Waals surface area contributed by atoms with Gasteiger partial charge in [-0.2, -0.15) is 0 Å². The van der Waals surface area contributed by atoms with Crippen molar-refractivity contribution in [1.82, 2.24) is 14.9 Å². The van der Waals surface area contributed by atoms with Gasteiger partial charge in [0.05, 0.1) is 0 Å². The summed E-state index contributed by atoms with van der Waals surface area (Å²) in [5, 5.41) is 9.60. The molecule has 0 aliphatic rings. The Morgan fingerprint density at radius 1 is 1.06 bits per heavy atom. The molecule has 9 heteroatoms. The minimum atomic E-state index is -0.173. The number of thioether (sulfide) groups is 1. The van der Waals surface area contributed by atoms with Crippen LogP contribution in [-0.2, 0) is 10.5 Å². The van der Waals surface area contributed by atoms with E-state index in [0.29, 0.717) is 33.2 Å². The summed E-state index contributed by atoms with van der Waals surface area (Å²) in [7, 11) is 1.69. The summed E-state index contributed by atoms with van der Waals surface area (Å²) in [5.74, 6) is 7.90. The van der Waals surface area contributed by atoms with Gasteiger partial charge in [0.15, 0.2) is 12.4 Å². The Morgan fingerprint density at radius 2 is 1.82 bits per heavy atom. The van der Waals surface area contributed by atoms with E-state index < -0.39 is 0 Å². The van der Waals surface area contributed by atoms with Crippen molar-refractivity contribution in [2.24, 2.45) is 0 Å². The van der Waals surface area contributed by atoms with E-state index in [-0.39, 0.29) is 12.5 Å². The zero-order valence-corrected chi connectivity index (χ0v) is 19.5. The molecule has 168 valence electrons. The molecule has 7 nitrogen and oxygen atoms in total. The number of nitrogen functional groups attached to an aromatic ring is 1. The summed E-state index contributed by atoms with van der Waals surface area (Å²) in [4.78, 5) is 13.9.